The summed E-state index contributed by atoms with van der Waals surface area (Å²) in [7, 11) is 3.55. The van der Waals surface area contributed by atoms with Gasteiger partial charge in [0, 0.05) is 25.7 Å². The van der Waals surface area contributed by atoms with Gasteiger partial charge in [-0.3, -0.25) is 4.79 Å². The van der Waals surface area contributed by atoms with E-state index < -0.39 is 7.12 Å². The summed E-state index contributed by atoms with van der Waals surface area (Å²) in [6, 6.07) is 7.89. The number of likely N-dealkylation sites (tertiary alicyclic amines) is 1. The molecule has 3 rings (SSSR count). The molecule has 130 valence electrons. The Kier molecular flexibility index (Phi) is 4.27. The molecule has 0 unspecified atom stereocenters. The Morgan fingerprint density at radius 2 is 1.62 bits per heavy atom. The largest absolute Gasteiger partial charge is 0.494 e. The highest BCUT2D eigenvalue weighted by Crippen LogP contribution is 2.36. The molecular formula is C18H27BN2O3. The van der Waals surface area contributed by atoms with Crippen molar-refractivity contribution in [1.82, 2.24) is 9.80 Å². The second kappa shape index (κ2) is 5.86. The van der Waals surface area contributed by atoms with Crippen molar-refractivity contribution in [2.45, 2.75) is 44.9 Å². The lowest BCUT2D eigenvalue weighted by Crippen LogP contribution is -2.58. The van der Waals surface area contributed by atoms with Gasteiger partial charge in [-0.1, -0.05) is 12.1 Å². The molecule has 0 saturated carbocycles. The minimum atomic E-state index is -0.392. The van der Waals surface area contributed by atoms with Gasteiger partial charge in [0.15, 0.2) is 0 Å². The summed E-state index contributed by atoms with van der Waals surface area (Å²) in [5, 5.41) is 0. The fraction of sp³-hybridized carbons (Fsp3) is 0.611. The zero-order chi connectivity index (χ0) is 17.7. The molecule has 0 bridgehead atoms. The van der Waals surface area contributed by atoms with Crippen LogP contribution in [0.4, 0.5) is 0 Å². The topological polar surface area (TPSA) is 42.0 Å². The quantitative estimate of drug-likeness (QED) is 0.785. The van der Waals surface area contributed by atoms with Crippen LogP contribution in [0.25, 0.3) is 0 Å². The van der Waals surface area contributed by atoms with Gasteiger partial charge in [0.25, 0.3) is 5.91 Å². The Hall–Kier alpha value is -1.37. The highest BCUT2D eigenvalue weighted by molar-refractivity contribution is 6.62. The lowest BCUT2D eigenvalue weighted by molar-refractivity contribution is 0.00578. The van der Waals surface area contributed by atoms with Gasteiger partial charge in [-0.05, 0) is 52.3 Å². The monoisotopic (exact) mass is 330 g/mol. The fourth-order valence-electron chi connectivity index (χ4n) is 3.04. The van der Waals surface area contributed by atoms with Gasteiger partial charge >= 0.3 is 7.12 Å². The summed E-state index contributed by atoms with van der Waals surface area (Å²) in [4.78, 5) is 16.6. The van der Waals surface area contributed by atoms with E-state index >= 15 is 0 Å². The van der Waals surface area contributed by atoms with Gasteiger partial charge in [0.1, 0.15) is 0 Å². The lowest BCUT2D eigenvalue weighted by atomic mass is 9.79. The van der Waals surface area contributed by atoms with Crippen LogP contribution in [0.1, 0.15) is 38.1 Å². The van der Waals surface area contributed by atoms with Gasteiger partial charge in [-0.15, -0.1) is 0 Å². The molecule has 0 aliphatic carbocycles. The highest BCUT2D eigenvalue weighted by atomic mass is 16.7. The molecule has 2 aliphatic rings. The van der Waals surface area contributed by atoms with Crippen molar-refractivity contribution in [3.05, 3.63) is 29.8 Å². The van der Waals surface area contributed by atoms with Gasteiger partial charge in [-0.2, -0.15) is 0 Å². The molecule has 0 N–H and O–H groups in total. The highest BCUT2D eigenvalue weighted by Gasteiger charge is 2.51. The number of likely N-dealkylation sites (N-methyl/N-ethyl adjacent to an activating group) is 2. The first-order valence-corrected chi connectivity index (χ1v) is 8.52. The zero-order valence-corrected chi connectivity index (χ0v) is 15.5. The molecule has 0 spiro atoms. The Morgan fingerprint density at radius 1 is 1.12 bits per heavy atom. The Morgan fingerprint density at radius 3 is 2.08 bits per heavy atom. The van der Waals surface area contributed by atoms with Crippen molar-refractivity contribution in [3.8, 4) is 0 Å². The fourth-order valence-corrected chi connectivity index (χ4v) is 3.04. The van der Waals surface area contributed by atoms with E-state index in [1.165, 1.54) is 0 Å². The average molecular weight is 330 g/mol. The van der Waals surface area contributed by atoms with Gasteiger partial charge in [0.2, 0.25) is 0 Å². The predicted molar refractivity (Wildman–Crippen MR) is 95.5 cm³/mol. The van der Waals surface area contributed by atoms with Crippen LogP contribution in [-0.4, -0.2) is 67.3 Å². The molecule has 2 fully saturated rings. The van der Waals surface area contributed by atoms with Crippen LogP contribution in [0.15, 0.2) is 24.3 Å². The number of hydrogen-bond acceptors (Lipinski definition) is 4. The van der Waals surface area contributed by atoms with Crippen LogP contribution in [0.2, 0.25) is 0 Å². The van der Waals surface area contributed by atoms with Crippen molar-refractivity contribution in [2.75, 3.05) is 27.2 Å². The van der Waals surface area contributed by atoms with Crippen LogP contribution in [0.3, 0.4) is 0 Å². The molecule has 0 atom stereocenters. The summed E-state index contributed by atoms with van der Waals surface area (Å²) in [5.41, 5.74) is 0.925. The molecule has 24 heavy (non-hydrogen) atoms. The summed E-state index contributed by atoms with van der Waals surface area (Å²) in [6.45, 7) is 10.0. The molecule has 0 aromatic heterocycles. The summed E-state index contributed by atoms with van der Waals surface area (Å²) in [5.74, 6) is 0.0635. The molecule has 5 nitrogen and oxygen atoms in total. The number of amides is 1. The van der Waals surface area contributed by atoms with Gasteiger partial charge in [-0.25, -0.2) is 0 Å². The van der Waals surface area contributed by atoms with E-state index in [4.69, 9.17) is 9.31 Å². The van der Waals surface area contributed by atoms with Gasteiger partial charge < -0.3 is 19.1 Å². The van der Waals surface area contributed by atoms with Crippen molar-refractivity contribution in [2.24, 2.45) is 0 Å². The number of carbonyl (C=O) groups is 1. The third-order valence-electron chi connectivity index (χ3n) is 5.60. The third-order valence-corrected chi connectivity index (χ3v) is 5.60. The maximum Gasteiger partial charge on any atom is 0.494 e. The number of nitrogens with zero attached hydrogens (tertiary/aromatic N) is 2. The third kappa shape index (κ3) is 2.98. The minimum absolute atomic E-state index is 0.0635. The van der Waals surface area contributed by atoms with Crippen LogP contribution in [0, 0.1) is 0 Å². The Balaban J connectivity index is 1.69. The molecule has 1 amide bonds. The SMILES string of the molecule is CN1CC(N(C)C(=O)c2ccc(B3OC(C)(C)C(C)(C)O3)cc2)C1. The van der Waals surface area contributed by atoms with E-state index in [1.54, 1.807) is 0 Å². The first-order chi connectivity index (χ1) is 11.1. The predicted octanol–water partition coefficient (Wildman–Crippen LogP) is 1.37. The second-order valence-corrected chi connectivity index (χ2v) is 8.00. The lowest BCUT2D eigenvalue weighted by Gasteiger charge is -2.41. The summed E-state index contributed by atoms with van der Waals surface area (Å²) in [6.07, 6.45) is 0. The zero-order valence-electron chi connectivity index (χ0n) is 15.5. The van der Waals surface area contributed by atoms with Crippen LogP contribution >= 0.6 is 0 Å². The van der Waals surface area contributed by atoms with E-state index in [0.717, 1.165) is 18.6 Å². The first-order valence-electron chi connectivity index (χ1n) is 8.52. The average Bonchev–Trinajstić information content (AvgIpc) is 2.71. The van der Waals surface area contributed by atoms with E-state index in [2.05, 4.69) is 11.9 Å². The minimum Gasteiger partial charge on any atom is -0.399 e. The van der Waals surface area contributed by atoms with Crippen molar-refractivity contribution in [3.63, 3.8) is 0 Å². The Labute approximate surface area is 145 Å². The molecule has 2 heterocycles. The van der Waals surface area contributed by atoms with E-state index in [1.807, 2.05) is 63.9 Å². The Bertz CT molecular complexity index is 608. The molecule has 2 saturated heterocycles. The molecule has 2 aliphatic heterocycles. The van der Waals surface area contributed by atoms with Crippen molar-refractivity contribution < 1.29 is 14.1 Å². The number of rotatable bonds is 3. The van der Waals surface area contributed by atoms with Crippen LogP contribution in [0.5, 0.6) is 0 Å². The molecule has 6 heteroatoms. The van der Waals surface area contributed by atoms with Crippen molar-refractivity contribution >= 4 is 18.5 Å². The second-order valence-electron chi connectivity index (χ2n) is 8.00. The van der Waals surface area contributed by atoms with Gasteiger partial charge in [0.05, 0.1) is 17.2 Å². The number of carbonyl (C=O) groups excluding carboxylic acids is 1. The van der Waals surface area contributed by atoms with Crippen LogP contribution in [-0.2, 0) is 9.31 Å². The van der Waals surface area contributed by atoms with Crippen molar-refractivity contribution in [1.29, 1.82) is 0 Å². The summed E-state index contributed by atoms with van der Waals surface area (Å²) < 4.78 is 12.1. The summed E-state index contributed by atoms with van der Waals surface area (Å²) >= 11 is 0. The molecule has 1 aromatic rings. The van der Waals surface area contributed by atoms with E-state index in [0.29, 0.717) is 11.6 Å². The van der Waals surface area contributed by atoms with E-state index in [-0.39, 0.29) is 17.1 Å². The molecule has 0 radical (unpaired) electrons. The normalized spacial score (nSPS) is 23.2. The first kappa shape index (κ1) is 17.5. The smallest absolute Gasteiger partial charge is 0.399 e. The van der Waals surface area contributed by atoms with Crippen LogP contribution < -0.4 is 5.46 Å². The molecular weight excluding hydrogens is 303 g/mol. The molecule has 1 aromatic carbocycles. The maximum absolute atomic E-state index is 12.6. The number of hydrogen-bond donors (Lipinski definition) is 0. The maximum atomic E-state index is 12.6. The number of benzene rings is 1. The van der Waals surface area contributed by atoms with E-state index in [9.17, 15) is 4.79 Å². The standard InChI is InChI=1S/C18H27BN2O3/c1-17(2)18(3,4)24-19(23-17)14-9-7-13(8-10-14)16(22)21(6)15-11-20(5)12-15/h7-10,15H,11-12H2,1-6H3.